The van der Waals surface area contributed by atoms with Crippen LogP contribution in [0.3, 0.4) is 0 Å². The highest BCUT2D eigenvalue weighted by Crippen LogP contribution is 2.34. The first-order valence-corrected chi connectivity index (χ1v) is 6.75. The third-order valence-corrected chi connectivity index (χ3v) is 3.22. The molecule has 0 atom stereocenters. The van der Waals surface area contributed by atoms with Gasteiger partial charge in [0.2, 0.25) is 0 Å². The number of phenols is 1. The number of carbonyl (C=O) groups is 1. The zero-order chi connectivity index (χ0) is 14.5. The van der Waals surface area contributed by atoms with Crippen molar-refractivity contribution in [3.8, 4) is 11.5 Å². The average Bonchev–Trinajstić information content (AvgIpc) is 2.48. The normalized spacial score (nSPS) is 10.7. The molecule has 2 rings (SSSR count). The quantitative estimate of drug-likeness (QED) is 0.678. The van der Waals surface area contributed by atoms with E-state index in [4.69, 9.17) is 4.74 Å². The predicted molar refractivity (Wildman–Crippen MR) is 82.2 cm³/mol. The number of phenolic OH excluding ortho intramolecular Hbond substituents is 1. The van der Waals surface area contributed by atoms with E-state index in [1.54, 1.807) is 42.5 Å². The minimum absolute atomic E-state index is 0.00723. The number of methoxy groups -OCH3 is 1. The van der Waals surface area contributed by atoms with Crippen LogP contribution < -0.4 is 4.74 Å². The summed E-state index contributed by atoms with van der Waals surface area (Å²) in [5.41, 5.74) is 1.12. The molecule has 0 aliphatic heterocycles. The Labute approximate surface area is 125 Å². The highest BCUT2D eigenvalue weighted by molar-refractivity contribution is 9.10. The molecule has 0 aliphatic carbocycles. The largest absolute Gasteiger partial charge is 0.504 e. The molecule has 20 heavy (non-hydrogen) atoms. The molecular formula is C16H13BrO3. The molecular weight excluding hydrogens is 320 g/mol. The number of hydrogen-bond acceptors (Lipinski definition) is 3. The average molecular weight is 333 g/mol. The van der Waals surface area contributed by atoms with Crippen molar-refractivity contribution in [3.05, 3.63) is 64.1 Å². The van der Waals surface area contributed by atoms with E-state index in [0.717, 1.165) is 4.47 Å². The van der Waals surface area contributed by atoms with Gasteiger partial charge < -0.3 is 9.84 Å². The minimum atomic E-state index is -0.121. The van der Waals surface area contributed by atoms with Gasteiger partial charge in [-0.05, 0) is 24.3 Å². The molecule has 2 aromatic rings. The van der Waals surface area contributed by atoms with E-state index < -0.39 is 0 Å². The summed E-state index contributed by atoms with van der Waals surface area (Å²) in [5, 5.41) is 9.99. The number of carbonyl (C=O) groups excluding carboxylic acids is 1. The Morgan fingerprint density at radius 1 is 1.25 bits per heavy atom. The maximum Gasteiger partial charge on any atom is 0.185 e. The predicted octanol–water partition coefficient (Wildman–Crippen LogP) is 4.06. The van der Waals surface area contributed by atoms with E-state index in [0.29, 0.717) is 16.9 Å². The second kappa shape index (κ2) is 6.39. The fourth-order valence-electron chi connectivity index (χ4n) is 1.74. The molecule has 0 unspecified atom stereocenters. The van der Waals surface area contributed by atoms with Crippen molar-refractivity contribution >= 4 is 27.8 Å². The lowest BCUT2D eigenvalue weighted by Crippen LogP contribution is -1.93. The van der Waals surface area contributed by atoms with Gasteiger partial charge in [0.25, 0.3) is 0 Å². The van der Waals surface area contributed by atoms with Crippen molar-refractivity contribution in [1.82, 2.24) is 0 Å². The van der Waals surface area contributed by atoms with Crippen molar-refractivity contribution in [2.24, 2.45) is 0 Å². The molecule has 4 heteroatoms. The second-order valence-corrected chi connectivity index (χ2v) is 5.03. The third kappa shape index (κ3) is 3.27. The van der Waals surface area contributed by atoms with Crippen LogP contribution >= 0.6 is 15.9 Å². The molecule has 0 fully saturated rings. The number of allylic oxidation sites excluding steroid dienone is 1. The summed E-state index contributed by atoms with van der Waals surface area (Å²) in [7, 11) is 1.48. The molecule has 0 aliphatic rings. The van der Waals surface area contributed by atoms with Gasteiger partial charge in [-0.25, -0.2) is 0 Å². The van der Waals surface area contributed by atoms with Crippen molar-refractivity contribution in [1.29, 1.82) is 0 Å². The van der Waals surface area contributed by atoms with Crippen LogP contribution in [0.1, 0.15) is 15.9 Å². The molecule has 0 saturated heterocycles. The Morgan fingerprint density at radius 3 is 2.60 bits per heavy atom. The number of hydrogen-bond donors (Lipinski definition) is 1. The van der Waals surface area contributed by atoms with Crippen LogP contribution in [0.15, 0.2) is 53.0 Å². The number of aromatic hydroxyl groups is 1. The van der Waals surface area contributed by atoms with Gasteiger partial charge in [0.1, 0.15) is 0 Å². The molecule has 0 saturated carbocycles. The maximum absolute atomic E-state index is 12.0. The lowest BCUT2D eigenvalue weighted by molar-refractivity contribution is 0.104. The van der Waals surface area contributed by atoms with Gasteiger partial charge in [0.05, 0.1) is 7.11 Å². The van der Waals surface area contributed by atoms with Crippen LogP contribution in [0.5, 0.6) is 11.5 Å². The minimum Gasteiger partial charge on any atom is -0.504 e. The first kappa shape index (κ1) is 14.3. The van der Waals surface area contributed by atoms with Gasteiger partial charge >= 0.3 is 0 Å². The molecule has 3 nitrogen and oxygen atoms in total. The molecule has 0 amide bonds. The van der Waals surface area contributed by atoms with Gasteiger partial charge in [-0.3, -0.25) is 4.79 Å². The number of benzene rings is 2. The smallest absolute Gasteiger partial charge is 0.185 e. The van der Waals surface area contributed by atoms with E-state index in [-0.39, 0.29) is 11.5 Å². The third-order valence-electron chi connectivity index (χ3n) is 2.76. The zero-order valence-electron chi connectivity index (χ0n) is 10.8. The van der Waals surface area contributed by atoms with Crippen molar-refractivity contribution < 1.29 is 14.6 Å². The first-order chi connectivity index (χ1) is 9.61. The Balaban J connectivity index is 2.28. The number of halogens is 1. The molecule has 0 heterocycles. The van der Waals surface area contributed by atoms with Crippen LogP contribution in [-0.2, 0) is 0 Å². The molecule has 102 valence electrons. The Kier molecular flexibility index (Phi) is 4.58. The highest BCUT2D eigenvalue weighted by atomic mass is 79.9. The molecule has 1 N–H and O–H groups in total. The summed E-state index contributed by atoms with van der Waals surface area (Å²) in [6.45, 7) is 0. The van der Waals surface area contributed by atoms with Gasteiger partial charge in [-0.15, -0.1) is 0 Å². The summed E-state index contributed by atoms with van der Waals surface area (Å²) < 4.78 is 5.82. The standard InChI is InChI=1S/C16H13BrO3/c1-20-15-10-13(17)9-12(16(15)19)7-8-14(18)11-5-3-2-4-6-11/h2-10,19H,1H3/b8-7+. The van der Waals surface area contributed by atoms with Crippen molar-refractivity contribution in [2.45, 2.75) is 0 Å². The molecule has 0 radical (unpaired) electrons. The molecule has 0 bridgehead atoms. The van der Waals surface area contributed by atoms with Gasteiger partial charge in [0.15, 0.2) is 17.3 Å². The molecule has 0 aromatic heterocycles. The van der Waals surface area contributed by atoms with E-state index in [1.807, 2.05) is 6.07 Å². The van der Waals surface area contributed by atoms with Crippen LogP contribution in [0.2, 0.25) is 0 Å². The lowest BCUT2D eigenvalue weighted by atomic mass is 10.1. The van der Waals surface area contributed by atoms with E-state index in [2.05, 4.69) is 15.9 Å². The Bertz CT molecular complexity index is 648. The number of rotatable bonds is 4. The fraction of sp³-hybridized carbons (Fsp3) is 0.0625. The van der Waals surface area contributed by atoms with Gasteiger partial charge in [0, 0.05) is 15.6 Å². The Morgan fingerprint density at radius 2 is 1.95 bits per heavy atom. The van der Waals surface area contributed by atoms with E-state index in [1.165, 1.54) is 13.2 Å². The highest BCUT2D eigenvalue weighted by Gasteiger charge is 2.08. The van der Waals surface area contributed by atoms with Crippen LogP contribution in [-0.4, -0.2) is 18.0 Å². The summed E-state index contributed by atoms with van der Waals surface area (Å²) in [5.74, 6) is 0.239. The van der Waals surface area contributed by atoms with E-state index >= 15 is 0 Å². The summed E-state index contributed by atoms with van der Waals surface area (Å²) in [6.07, 6.45) is 2.99. The van der Waals surface area contributed by atoms with Gasteiger partial charge in [-0.1, -0.05) is 46.3 Å². The molecule has 2 aromatic carbocycles. The second-order valence-electron chi connectivity index (χ2n) is 4.11. The molecule has 0 spiro atoms. The monoisotopic (exact) mass is 332 g/mol. The number of ether oxygens (including phenoxy) is 1. The topological polar surface area (TPSA) is 46.5 Å². The Hall–Kier alpha value is -2.07. The van der Waals surface area contributed by atoms with E-state index in [9.17, 15) is 9.90 Å². The summed E-state index contributed by atoms with van der Waals surface area (Å²) >= 11 is 3.33. The zero-order valence-corrected chi connectivity index (χ0v) is 12.4. The van der Waals surface area contributed by atoms with Crippen molar-refractivity contribution in [2.75, 3.05) is 7.11 Å². The first-order valence-electron chi connectivity index (χ1n) is 5.96. The van der Waals surface area contributed by atoms with Crippen LogP contribution in [0.4, 0.5) is 0 Å². The summed E-state index contributed by atoms with van der Waals surface area (Å²) in [4.78, 5) is 12.0. The summed E-state index contributed by atoms with van der Waals surface area (Å²) in [6, 6.07) is 12.3. The maximum atomic E-state index is 12.0. The van der Waals surface area contributed by atoms with Crippen LogP contribution in [0.25, 0.3) is 6.08 Å². The van der Waals surface area contributed by atoms with Crippen LogP contribution in [0, 0.1) is 0 Å². The SMILES string of the molecule is COc1cc(Br)cc(/C=C/C(=O)c2ccccc2)c1O. The number of ketones is 1. The van der Waals surface area contributed by atoms with Gasteiger partial charge in [-0.2, -0.15) is 0 Å². The fourth-order valence-corrected chi connectivity index (χ4v) is 2.20. The lowest BCUT2D eigenvalue weighted by Gasteiger charge is -2.07. The van der Waals surface area contributed by atoms with Crippen molar-refractivity contribution in [3.63, 3.8) is 0 Å².